The molecule has 0 fully saturated rings. The number of nitrogens with zero attached hydrogens (tertiary/aromatic N) is 3. The number of hydrogen-bond donors (Lipinski definition) is 0. The van der Waals surface area contributed by atoms with E-state index in [2.05, 4.69) is 168 Å². The van der Waals surface area contributed by atoms with Gasteiger partial charge in [-0.15, -0.1) is 83.4 Å². The van der Waals surface area contributed by atoms with Crippen LogP contribution in [0.25, 0.3) is 123 Å². The van der Waals surface area contributed by atoms with Crippen molar-refractivity contribution >= 4 is 0 Å². The Morgan fingerprint density at radius 1 is 0.280 bits per heavy atom. The molecular formula is C71H48IrN3. The van der Waals surface area contributed by atoms with Crippen molar-refractivity contribution in [2.45, 2.75) is 13.7 Å². The summed E-state index contributed by atoms with van der Waals surface area (Å²) in [7, 11) is 0. The maximum absolute atomic E-state index is 7.98. The minimum absolute atomic E-state index is 0. The number of pyridine rings is 3. The predicted octanol–water partition coefficient (Wildman–Crippen LogP) is 18.2. The first-order valence-corrected chi connectivity index (χ1v) is 24.5. The van der Waals surface area contributed by atoms with Crippen molar-refractivity contribution in [1.29, 1.82) is 0 Å². The van der Waals surface area contributed by atoms with Crippen LogP contribution in [0.1, 0.15) is 19.4 Å². The van der Waals surface area contributed by atoms with Crippen molar-refractivity contribution in [1.82, 2.24) is 15.0 Å². The van der Waals surface area contributed by atoms with E-state index in [0.717, 1.165) is 100 Å². The molecule has 356 valence electrons. The second kappa shape index (κ2) is 21.7. The normalized spacial score (nSPS) is 12.5. The van der Waals surface area contributed by atoms with E-state index in [-0.39, 0.29) is 31.2 Å². The van der Waals surface area contributed by atoms with E-state index >= 15 is 0 Å². The maximum Gasteiger partial charge on any atom is 3.00 e. The number of aryl methyl sites for hydroxylation is 2. The first-order valence-electron chi connectivity index (χ1n) is 27.5. The molecule has 0 atom stereocenters. The minimum atomic E-state index is -2.26. The van der Waals surface area contributed by atoms with E-state index < -0.39 is 13.7 Å². The molecule has 12 rings (SSSR count). The van der Waals surface area contributed by atoms with Crippen LogP contribution in [0.5, 0.6) is 0 Å². The van der Waals surface area contributed by atoms with Crippen LogP contribution < -0.4 is 0 Å². The van der Waals surface area contributed by atoms with Gasteiger partial charge >= 0.3 is 20.1 Å². The SMILES string of the molecule is [2H]C([2H])([2H])c1ccnc(-c2[c-]cc(-c3ccccc3-c3cc(-c4ccccc4-c4c[c-]c(-c5cc(C([2H])([2H])[2H])ccn5)cc4)cc(-c4ccccc4-c4c[c-]c(-c5ccccn5)cc4-c4ccc(-c5ccccc5)cc4)c3)cc2)c1.[Ir+3]. The van der Waals surface area contributed by atoms with Crippen LogP contribution in [0, 0.1) is 31.9 Å². The van der Waals surface area contributed by atoms with Gasteiger partial charge in [-0.25, -0.2) is 0 Å². The molecule has 3 heterocycles. The number of rotatable bonds is 11. The fraction of sp³-hybridized carbons (Fsp3) is 0.0282. The average molecular weight is 1140 g/mol. The fourth-order valence-corrected chi connectivity index (χ4v) is 9.79. The van der Waals surface area contributed by atoms with E-state index in [1.807, 2.05) is 79.0 Å². The summed E-state index contributed by atoms with van der Waals surface area (Å²) in [6, 6.07) is 90.1. The molecule has 9 aromatic carbocycles. The summed E-state index contributed by atoms with van der Waals surface area (Å²) < 4.78 is 47.9. The zero-order chi connectivity index (χ0) is 54.8. The number of aromatic nitrogens is 3. The molecule has 0 aliphatic heterocycles. The van der Waals surface area contributed by atoms with Gasteiger partial charge in [-0.1, -0.05) is 202 Å². The van der Waals surface area contributed by atoms with Gasteiger partial charge in [-0.05, 0) is 117 Å². The van der Waals surface area contributed by atoms with E-state index in [4.69, 9.17) is 13.2 Å². The zero-order valence-electron chi connectivity index (χ0n) is 46.4. The van der Waals surface area contributed by atoms with Crippen LogP contribution in [0.4, 0.5) is 0 Å². The summed E-state index contributed by atoms with van der Waals surface area (Å²) in [5.41, 5.74) is 21.0. The zero-order valence-corrected chi connectivity index (χ0v) is 42.8. The summed E-state index contributed by atoms with van der Waals surface area (Å²) in [5, 5.41) is 0. The van der Waals surface area contributed by atoms with Crippen LogP contribution in [-0.2, 0) is 20.1 Å². The second-order valence-corrected chi connectivity index (χ2v) is 18.1. The van der Waals surface area contributed by atoms with E-state index in [9.17, 15) is 0 Å². The van der Waals surface area contributed by atoms with Crippen LogP contribution >= 0.6 is 0 Å². The molecule has 0 radical (unpaired) electrons. The first kappa shape index (κ1) is 41.5. The van der Waals surface area contributed by atoms with Crippen molar-refractivity contribution in [2.24, 2.45) is 0 Å². The Balaban J connectivity index is 0.00000690. The van der Waals surface area contributed by atoms with Crippen molar-refractivity contribution in [3.63, 3.8) is 0 Å². The molecule has 0 saturated carbocycles. The smallest absolute Gasteiger partial charge is 0.305 e. The third-order valence-corrected chi connectivity index (χ3v) is 13.5. The molecule has 4 heteroatoms. The molecule has 0 bridgehead atoms. The van der Waals surface area contributed by atoms with Gasteiger partial charge in [-0.2, -0.15) is 0 Å². The van der Waals surface area contributed by atoms with Gasteiger partial charge in [0.05, 0.1) is 0 Å². The number of hydrogen-bond acceptors (Lipinski definition) is 3. The first-order chi connectivity index (χ1) is 38.9. The predicted molar refractivity (Wildman–Crippen MR) is 306 cm³/mol. The fourth-order valence-electron chi connectivity index (χ4n) is 9.79. The molecule has 0 amide bonds. The van der Waals surface area contributed by atoms with Crippen molar-refractivity contribution in [3.8, 4) is 123 Å². The molecule has 12 aromatic rings. The van der Waals surface area contributed by atoms with E-state index in [1.165, 1.54) is 24.5 Å². The molecule has 0 aliphatic carbocycles. The van der Waals surface area contributed by atoms with Crippen LogP contribution in [0.2, 0.25) is 0 Å². The van der Waals surface area contributed by atoms with Gasteiger partial charge in [0.2, 0.25) is 0 Å². The maximum atomic E-state index is 7.98. The van der Waals surface area contributed by atoms with Crippen LogP contribution in [0.15, 0.2) is 255 Å². The summed E-state index contributed by atoms with van der Waals surface area (Å²) in [5.74, 6) is 0. The van der Waals surface area contributed by atoms with Gasteiger partial charge in [-0.3, -0.25) is 0 Å². The second-order valence-electron chi connectivity index (χ2n) is 18.1. The Morgan fingerprint density at radius 3 is 1.20 bits per heavy atom. The molecule has 75 heavy (non-hydrogen) atoms. The summed E-state index contributed by atoms with van der Waals surface area (Å²) in [6.45, 7) is -4.52. The van der Waals surface area contributed by atoms with E-state index in [0.29, 0.717) is 22.5 Å². The molecular weight excluding hydrogens is 1090 g/mol. The van der Waals surface area contributed by atoms with Gasteiger partial charge in [0.1, 0.15) is 0 Å². The average Bonchev–Trinajstić information content (AvgIpc) is 3.51. The molecule has 0 saturated heterocycles. The summed E-state index contributed by atoms with van der Waals surface area (Å²) in [6.07, 6.45) is 4.87. The molecule has 0 aliphatic rings. The Bertz CT molecular complexity index is 4020. The van der Waals surface area contributed by atoms with Crippen LogP contribution in [0.3, 0.4) is 0 Å². The molecule has 3 nitrogen and oxygen atoms in total. The number of benzene rings is 9. The van der Waals surface area contributed by atoms with Gasteiger partial charge < -0.3 is 15.0 Å². The molecule has 0 N–H and O–H groups in total. The monoisotopic (exact) mass is 1140 g/mol. The van der Waals surface area contributed by atoms with Crippen molar-refractivity contribution < 1.29 is 28.3 Å². The van der Waals surface area contributed by atoms with Gasteiger partial charge in [0, 0.05) is 26.8 Å². The minimum Gasteiger partial charge on any atom is -0.305 e. The third kappa shape index (κ3) is 10.2. The Kier molecular flexibility index (Phi) is 12.0. The third-order valence-electron chi connectivity index (χ3n) is 13.5. The standard InChI is InChI=1S/C71H48N3.Ir/c1-48-37-40-73-70(42-48)55-31-27-52(28-32-55)61-16-6-8-18-63(61)58-44-59(64-19-9-7-17-62(64)53-29-33-56(34-30-53)71-43-49(2)38-41-74-71)46-60(45-58)65-20-10-11-21-66(65)67-36-35-57(69-22-12-13-39-72-69)47-68(67)54-25-23-51(24-26-54)50-14-4-3-5-15-50;/h3-31,33,36-47H,1-2H3;/q-3;+3/i1D3,2D3;. The topological polar surface area (TPSA) is 38.7 Å². The Morgan fingerprint density at radius 2 is 0.707 bits per heavy atom. The van der Waals surface area contributed by atoms with Crippen molar-refractivity contribution in [2.75, 3.05) is 0 Å². The van der Waals surface area contributed by atoms with Crippen LogP contribution in [-0.4, -0.2) is 15.0 Å². The quantitative estimate of drug-likeness (QED) is 0.121. The largest absolute Gasteiger partial charge is 3.00 e. The molecule has 0 spiro atoms. The summed E-state index contributed by atoms with van der Waals surface area (Å²) in [4.78, 5) is 13.7. The summed E-state index contributed by atoms with van der Waals surface area (Å²) >= 11 is 0. The van der Waals surface area contributed by atoms with Crippen molar-refractivity contribution in [3.05, 3.63) is 285 Å². The molecule has 3 aromatic heterocycles. The Hall–Kier alpha value is -8.92. The van der Waals surface area contributed by atoms with E-state index in [1.54, 1.807) is 12.1 Å². The van der Waals surface area contributed by atoms with Gasteiger partial charge in [0.25, 0.3) is 0 Å². The molecule has 0 unspecified atom stereocenters. The Labute approximate surface area is 461 Å². The van der Waals surface area contributed by atoms with Gasteiger partial charge in [0.15, 0.2) is 0 Å².